The number of aliphatic hydroxyl groups is 1. The van der Waals surface area contributed by atoms with Crippen LogP contribution in [0.4, 0.5) is 0 Å². The van der Waals surface area contributed by atoms with Crippen LogP contribution in [0.5, 0.6) is 0 Å². The molecule has 0 saturated carbocycles. The number of benzene rings is 1. The quantitative estimate of drug-likeness (QED) is 0.758. The smallest absolute Gasteiger partial charge is 0.108 e. The van der Waals surface area contributed by atoms with E-state index in [-0.39, 0.29) is 12.6 Å². The van der Waals surface area contributed by atoms with Crippen LogP contribution in [0.1, 0.15) is 11.6 Å². The van der Waals surface area contributed by atoms with E-state index in [4.69, 9.17) is 10.8 Å². The number of aromatic amines is 1. The molecule has 2 rings (SSSR count). The van der Waals surface area contributed by atoms with Crippen molar-refractivity contribution < 1.29 is 5.11 Å². The minimum absolute atomic E-state index is 0.0798. The summed E-state index contributed by atoms with van der Waals surface area (Å²) in [6.07, 6.45) is 0. The molecule has 1 unspecified atom stereocenters. The Morgan fingerprint density at radius 1 is 1.57 bits per heavy atom. The molecule has 1 aromatic heterocycles. The number of fused-ring (bicyclic) bond motifs is 1. The second kappa shape index (κ2) is 3.68. The van der Waals surface area contributed by atoms with E-state index >= 15 is 0 Å². The predicted molar refractivity (Wildman–Crippen MR) is 57.8 cm³/mol. The molecule has 0 fully saturated rings. The summed E-state index contributed by atoms with van der Waals surface area (Å²) in [5.41, 5.74) is 7.41. The molecule has 0 bridgehead atoms. The number of nitrogens with zero attached hydrogens (tertiary/aromatic N) is 1. The van der Waals surface area contributed by atoms with Gasteiger partial charge < -0.3 is 10.8 Å². The lowest BCUT2D eigenvalue weighted by Crippen LogP contribution is -2.14. The van der Waals surface area contributed by atoms with E-state index in [0.717, 1.165) is 21.1 Å². The van der Waals surface area contributed by atoms with Crippen LogP contribution in [0, 0.1) is 0 Å². The van der Waals surface area contributed by atoms with Crippen molar-refractivity contribution in [3.05, 3.63) is 28.4 Å². The molecule has 0 aliphatic heterocycles. The van der Waals surface area contributed by atoms with Crippen molar-refractivity contribution in [3.8, 4) is 0 Å². The number of hydrogen-bond donors (Lipinski definition) is 3. The van der Waals surface area contributed by atoms with Gasteiger partial charge in [0.05, 0.1) is 18.2 Å². The van der Waals surface area contributed by atoms with Gasteiger partial charge in [0.1, 0.15) is 4.60 Å². The van der Waals surface area contributed by atoms with Gasteiger partial charge >= 0.3 is 0 Å². The molecule has 0 amide bonds. The lowest BCUT2D eigenvalue weighted by molar-refractivity contribution is 0.268. The highest BCUT2D eigenvalue weighted by Crippen LogP contribution is 2.26. The minimum atomic E-state index is -0.381. The summed E-state index contributed by atoms with van der Waals surface area (Å²) in [6, 6.07) is 5.33. The molecule has 0 spiro atoms. The molecule has 0 saturated heterocycles. The third-order valence-electron chi connectivity index (χ3n) is 2.17. The van der Waals surface area contributed by atoms with Crippen molar-refractivity contribution in [1.29, 1.82) is 0 Å². The highest BCUT2D eigenvalue weighted by molar-refractivity contribution is 9.10. The molecule has 4 nitrogen and oxygen atoms in total. The first-order chi connectivity index (χ1) is 6.74. The Bertz CT molecular complexity index is 454. The fourth-order valence-corrected chi connectivity index (χ4v) is 1.83. The normalized spacial score (nSPS) is 13.4. The SMILES string of the molecule is NC(CO)c1cccc2c(Br)[nH]nc12. The molecule has 4 N–H and O–H groups in total. The average molecular weight is 256 g/mol. The number of halogens is 1. The van der Waals surface area contributed by atoms with Crippen LogP contribution in [-0.2, 0) is 0 Å². The van der Waals surface area contributed by atoms with Crippen molar-refractivity contribution in [2.45, 2.75) is 6.04 Å². The molecule has 1 heterocycles. The first kappa shape index (κ1) is 9.64. The van der Waals surface area contributed by atoms with Crippen LogP contribution in [0.2, 0.25) is 0 Å². The number of para-hydroxylation sites is 1. The van der Waals surface area contributed by atoms with Crippen LogP contribution in [0.15, 0.2) is 22.8 Å². The summed E-state index contributed by atoms with van der Waals surface area (Å²) < 4.78 is 0.833. The lowest BCUT2D eigenvalue weighted by Gasteiger charge is -2.08. The summed E-state index contributed by atoms with van der Waals surface area (Å²) in [6.45, 7) is -0.0798. The van der Waals surface area contributed by atoms with E-state index in [0.29, 0.717) is 0 Å². The summed E-state index contributed by atoms with van der Waals surface area (Å²) in [5, 5.41) is 16.9. The fraction of sp³-hybridized carbons (Fsp3) is 0.222. The molecule has 1 atom stereocenters. The van der Waals surface area contributed by atoms with Gasteiger partial charge in [-0.3, -0.25) is 5.10 Å². The summed E-state index contributed by atoms with van der Waals surface area (Å²) >= 11 is 3.35. The van der Waals surface area contributed by atoms with E-state index in [1.54, 1.807) is 0 Å². The zero-order chi connectivity index (χ0) is 10.1. The number of nitrogens with one attached hydrogen (secondary N) is 1. The highest BCUT2D eigenvalue weighted by Gasteiger charge is 2.12. The Labute approximate surface area is 89.2 Å². The van der Waals surface area contributed by atoms with Gasteiger partial charge in [-0.05, 0) is 21.5 Å². The maximum atomic E-state index is 8.98. The third kappa shape index (κ3) is 1.43. The Hall–Kier alpha value is -0.910. The van der Waals surface area contributed by atoms with Gasteiger partial charge in [-0.15, -0.1) is 0 Å². The third-order valence-corrected chi connectivity index (χ3v) is 2.77. The van der Waals surface area contributed by atoms with Crippen LogP contribution >= 0.6 is 15.9 Å². The summed E-state index contributed by atoms with van der Waals surface area (Å²) in [5.74, 6) is 0. The van der Waals surface area contributed by atoms with Gasteiger partial charge in [-0.25, -0.2) is 0 Å². The van der Waals surface area contributed by atoms with Crippen molar-refractivity contribution in [1.82, 2.24) is 10.2 Å². The van der Waals surface area contributed by atoms with Crippen LogP contribution in [0.25, 0.3) is 10.9 Å². The van der Waals surface area contributed by atoms with E-state index < -0.39 is 0 Å². The zero-order valence-corrected chi connectivity index (χ0v) is 8.95. The van der Waals surface area contributed by atoms with Crippen molar-refractivity contribution >= 4 is 26.8 Å². The Balaban J connectivity index is 2.65. The topological polar surface area (TPSA) is 74.9 Å². The summed E-state index contributed by atoms with van der Waals surface area (Å²) in [7, 11) is 0. The highest BCUT2D eigenvalue weighted by atomic mass is 79.9. The van der Waals surface area contributed by atoms with E-state index in [1.807, 2.05) is 18.2 Å². The van der Waals surface area contributed by atoms with E-state index in [2.05, 4.69) is 26.1 Å². The molecule has 0 aliphatic carbocycles. The zero-order valence-electron chi connectivity index (χ0n) is 7.37. The minimum Gasteiger partial charge on any atom is -0.394 e. The molecule has 5 heteroatoms. The number of H-pyrrole nitrogens is 1. The first-order valence-corrected chi connectivity index (χ1v) is 5.02. The van der Waals surface area contributed by atoms with Gasteiger partial charge in [-0.2, -0.15) is 5.10 Å². The molecule has 0 aliphatic rings. The largest absolute Gasteiger partial charge is 0.394 e. The molecule has 2 aromatic rings. The number of nitrogens with two attached hydrogens (primary N) is 1. The Kier molecular flexibility index (Phi) is 2.54. The second-order valence-electron chi connectivity index (χ2n) is 3.07. The molecule has 74 valence electrons. The Morgan fingerprint density at radius 3 is 3.07 bits per heavy atom. The van der Waals surface area contributed by atoms with Gasteiger partial charge in [0, 0.05) is 5.39 Å². The molecular formula is C9H10BrN3O. The molecule has 14 heavy (non-hydrogen) atoms. The van der Waals surface area contributed by atoms with Crippen molar-refractivity contribution in [2.24, 2.45) is 5.73 Å². The van der Waals surface area contributed by atoms with Crippen molar-refractivity contribution in [2.75, 3.05) is 6.61 Å². The van der Waals surface area contributed by atoms with Gasteiger partial charge in [0.15, 0.2) is 0 Å². The van der Waals surface area contributed by atoms with Crippen LogP contribution in [0.3, 0.4) is 0 Å². The molecular weight excluding hydrogens is 246 g/mol. The number of aliphatic hydroxyl groups excluding tert-OH is 1. The number of rotatable bonds is 2. The van der Waals surface area contributed by atoms with E-state index in [9.17, 15) is 0 Å². The lowest BCUT2D eigenvalue weighted by atomic mass is 10.1. The molecule has 1 aromatic carbocycles. The van der Waals surface area contributed by atoms with Crippen molar-refractivity contribution in [3.63, 3.8) is 0 Å². The van der Waals surface area contributed by atoms with Gasteiger partial charge in [0.2, 0.25) is 0 Å². The van der Waals surface area contributed by atoms with Crippen LogP contribution < -0.4 is 5.73 Å². The van der Waals surface area contributed by atoms with Gasteiger partial charge in [0.25, 0.3) is 0 Å². The Morgan fingerprint density at radius 2 is 2.36 bits per heavy atom. The van der Waals surface area contributed by atoms with Crippen LogP contribution in [-0.4, -0.2) is 21.9 Å². The monoisotopic (exact) mass is 255 g/mol. The maximum absolute atomic E-state index is 8.98. The average Bonchev–Trinajstić information content (AvgIpc) is 2.59. The number of aromatic nitrogens is 2. The number of hydrogen-bond acceptors (Lipinski definition) is 3. The standard InChI is InChI=1S/C9H10BrN3O/c10-9-6-3-1-2-5(7(11)4-14)8(6)12-13-9/h1-3,7,14H,4,11H2,(H,12,13). The van der Waals surface area contributed by atoms with Gasteiger partial charge in [-0.1, -0.05) is 18.2 Å². The predicted octanol–water partition coefficient (Wildman–Crippen LogP) is 1.32. The second-order valence-corrected chi connectivity index (χ2v) is 3.86. The fourth-order valence-electron chi connectivity index (χ4n) is 1.43. The summed E-state index contributed by atoms with van der Waals surface area (Å²) in [4.78, 5) is 0. The maximum Gasteiger partial charge on any atom is 0.108 e. The molecule has 0 radical (unpaired) electrons. The first-order valence-electron chi connectivity index (χ1n) is 4.23. The van der Waals surface area contributed by atoms with E-state index in [1.165, 1.54) is 0 Å².